The molecule has 0 bridgehead atoms. The molecular weight excluding hydrogens is 164 g/mol. The Hall–Kier alpha value is -0.540. The summed E-state index contributed by atoms with van der Waals surface area (Å²) in [6.45, 7) is 2.00. The summed E-state index contributed by atoms with van der Waals surface area (Å²) in [6, 6.07) is 0. The van der Waals surface area contributed by atoms with Crippen LogP contribution in [0.1, 0.15) is 12.8 Å². The number of aromatic amines is 1. The van der Waals surface area contributed by atoms with Gasteiger partial charge in [-0.3, -0.25) is 0 Å². The fourth-order valence-corrected chi connectivity index (χ4v) is 0.725. The van der Waals surface area contributed by atoms with Crippen molar-refractivity contribution in [1.82, 2.24) is 9.97 Å². The van der Waals surface area contributed by atoms with Crippen LogP contribution in [0.4, 0.5) is 0 Å². The molecule has 2 rings (SSSR count). The first kappa shape index (κ1) is 10.5. The molecule has 1 aliphatic heterocycles. The molecule has 0 unspecified atom stereocenters. The highest BCUT2D eigenvalue weighted by Crippen LogP contribution is 1.98. The Morgan fingerprint density at radius 3 is 2.18 bits per heavy atom. The lowest BCUT2D eigenvalue weighted by Gasteiger charge is -1.76. The molecule has 1 aromatic heterocycles. The van der Waals surface area contributed by atoms with Crippen LogP contribution in [0.15, 0.2) is 18.7 Å². The van der Waals surface area contributed by atoms with Gasteiger partial charge in [0, 0.05) is 25.6 Å². The Morgan fingerprint density at radius 1 is 1.27 bits per heavy atom. The summed E-state index contributed by atoms with van der Waals surface area (Å²) >= 11 is 0. The smallest absolute Gasteiger partial charge is 0.0919 e. The van der Waals surface area contributed by atoms with Crippen LogP contribution >= 0.6 is 12.4 Å². The summed E-state index contributed by atoms with van der Waals surface area (Å²) in [7, 11) is 0. The average Bonchev–Trinajstić information content (AvgIpc) is 2.67. The zero-order chi connectivity index (χ0) is 7.07. The molecule has 0 atom stereocenters. The molecule has 11 heavy (non-hydrogen) atoms. The number of imidazole rings is 1. The molecule has 0 radical (unpaired) electrons. The van der Waals surface area contributed by atoms with Crippen LogP contribution in [0.5, 0.6) is 0 Å². The standard InChI is InChI=1S/C4H8O.C3H4N2.ClH/c1-2-4-5-3-1;1-2-5-3-4-1;/h1-4H2;1-3H,(H,4,5);1H. The van der Waals surface area contributed by atoms with E-state index in [1.54, 1.807) is 18.7 Å². The van der Waals surface area contributed by atoms with Gasteiger partial charge in [0.2, 0.25) is 0 Å². The lowest BCUT2D eigenvalue weighted by molar-refractivity contribution is 0.198. The third-order valence-corrected chi connectivity index (χ3v) is 1.23. The van der Waals surface area contributed by atoms with E-state index in [0.717, 1.165) is 13.2 Å². The molecule has 1 N–H and O–H groups in total. The number of hydrogen-bond donors (Lipinski definition) is 1. The highest BCUT2D eigenvalue weighted by Gasteiger charge is 1.94. The summed E-state index contributed by atoms with van der Waals surface area (Å²) in [5.41, 5.74) is 0. The van der Waals surface area contributed by atoms with Crippen LogP contribution < -0.4 is 0 Å². The van der Waals surface area contributed by atoms with Gasteiger partial charge in [-0.05, 0) is 12.8 Å². The summed E-state index contributed by atoms with van der Waals surface area (Å²) in [5.74, 6) is 0. The van der Waals surface area contributed by atoms with Crippen LogP contribution in [-0.4, -0.2) is 23.2 Å². The minimum Gasteiger partial charge on any atom is -0.381 e. The first-order chi connectivity index (χ1) is 5.00. The van der Waals surface area contributed by atoms with Crippen molar-refractivity contribution >= 4 is 12.4 Å². The summed E-state index contributed by atoms with van der Waals surface area (Å²) < 4.78 is 4.94. The summed E-state index contributed by atoms with van der Waals surface area (Å²) in [4.78, 5) is 6.42. The Balaban J connectivity index is 0.000000167. The summed E-state index contributed by atoms with van der Waals surface area (Å²) in [5, 5.41) is 0. The Labute approximate surface area is 72.6 Å². The van der Waals surface area contributed by atoms with E-state index in [1.165, 1.54) is 12.8 Å². The third kappa shape index (κ3) is 5.88. The quantitative estimate of drug-likeness (QED) is 0.653. The molecule has 64 valence electrons. The molecule has 4 heteroatoms. The van der Waals surface area contributed by atoms with E-state index >= 15 is 0 Å². The van der Waals surface area contributed by atoms with E-state index in [1.807, 2.05) is 0 Å². The first-order valence-electron chi connectivity index (χ1n) is 3.50. The maximum Gasteiger partial charge on any atom is 0.0919 e. The third-order valence-electron chi connectivity index (χ3n) is 1.23. The number of halogens is 1. The van der Waals surface area contributed by atoms with Crippen molar-refractivity contribution in [1.29, 1.82) is 0 Å². The maximum absolute atomic E-state index is 4.94. The van der Waals surface area contributed by atoms with Gasteiger partial charge in [0.05, 0.1) is 6.33 Å². The van der Waals surface area contributed by atoms with Gasteiger partial charge >= 0.3 is 0 Å². The molecular formula is C7H13ClN2O. The van der Waals surface area contributed by atoms with Gasteiger partial charge in [0.15, 0.2) is 0 Å². The van der Waals surface area contributed by atoms with Crippen molar-refractivity contribution in [3.05, 3.63) is 18.7 Å². The van der Waals surface area contributed by atoms with Crippen LogP contribution in [0, 0.1) is 0 Å². The molecule has 2 heterocycles. The van der Waals surface area contributed by atoms with Crippen LogP contribution in [-0.2, 0) is 4.74 Å². The maximum atomic E-state index is 4.94. The Kier molecular flexibility index (Phi) is 7.19. The van der Waals surface area contributed by atoms with Gasteiger partial charge in [-0.1, -0.05) is 0 Å². The minimum absolute atomic E-state index is 0. The first-order valence-corrected chi connectivity index (χ1v) is 3.50. The highest BCUT2D eigenvalue weighted by molar-refractivity contribution is 5.85. The molecule has 1 aliphatic rings. The number of nitrogens with one attached hydrogen (secondary N) is 1. The molecule has 1 saturated heterocycles. The molecule has 0 aromatic carbocycles. The van der Waals surface area contributed by atoms with Gasteiger partial charge in [-0.25, -0.2) is 4.98 Å². The van der Waals surface area contributed by atoms with Crippen LogP contribution in [0.25, 0.3) is 0 Å². The predicted octanol–water partition coefficient (Wildman–Crippen LogP) is 1.63. The van der Waals surface area contributed by atoms with Gasteiger partial charge in [0.1, 0.15) is 0 Å². The SMILES string of the molecule is C1CCOC1.Cl.c1c[nH]cn1. The molecule has 1 aromatic rings. The topological polar surface area (TPSA) is 37.9 Å². The van der Waals surface area contributed by atoms with E-state index in [0.29, 0.717) is 0 Å². The van der Waals surface area contributed by atoms with Gasteiger partial charge in [-0.2, -0.15) is 0 Å². The van der Waals surface area contributed by atoms with Crippen LogP contribution in [0.2, 0.25) is 0 Å². The van der Waals surface area contributed by atoms with Crippen LogP contribution in [0.3, 0.4) is 0 Å². The zero-order valence-electron chi connectivity index (χ0n) is 6.32. The van der Waals surface area contributed by atoms with E-state index in [4.69, 9.17) is 4.74 Å². The number of hydrogen-bond acceptors (Lipinski definition) is 2. The monoisotopic (exact) mass is 176 g/mol. The highest BCUT2D eigenvalue weighted by atomic mass is 35.5. The van der Waals surface area contributed by atoms with Crippen molar-refractivity contribution in [3.8, 4) is 0 Å². The predicted molar refractivity (Wildman–Crippen MR) is 45.9 cm³/mol. The van der Waals surface area contributed by atoms with Gasteiger partial charge in [0.25, 0.3) is 0 Å². The van der Waals surface area contributed by atoms with Gasteiger partial charge < -0.3 is 9.72 Å². The average molecular weight is 177 g/mol. The lowest BCUT2D eigenvalue weighted by atomic mass is 10.4. The number of nitrogens with zero attached hydrogens (tertiary/aromatic N) is 1. The van der Waals surface area contributed by atoms with Crippen molar-refractivity contribution in [2.24, 2.45) is 0 Å². The lowest BCUT2D eigenvalue weighted by Crippen LogP contribution is -1.74. The van der Waals surface area contributed by atoms with E-state index in [2.05, 4.69) is 9.97 Å². The normalized spacial score (nSPS) is 14.5. The number of rotatable bonds is 0. The van der Waals surface area contributed by atoms with Crippen molar-refractivity contribution in [2.45, 2.75) is 12.8 Å². The Morgan fingerprint density at radius 2 is 2.00 bits per heavy atom. The second-order valence-electron chi connectivity index (χ2n) is 2.08. The summed E-state index contributed by atoms with van der Waals surface area (Å²) in [6.07, 6.45) is 7.64. The van der Waals surface area contributed by atoms with Gasteiger partial charge in [-0.15, -0.1) is 12.4 Å². The minimum atomic E-state index is 0. The molecule has 0 saturated carbocycles. The number of ether oxygens (including phenoxy) is 1. The van der Waals surface area contributed by atoms with E-state index in [-0.39, 0.29) is 12.4 Å². The molecule has 1 fully saturated rings. The molecule has 3 nitrogen and oxygen atoms in total. The molecule has 0 spiro atoms. The number of aromatic nitrogens is 2. The fourth-order valence-electron chi connectivity index (χ4n) is 0.725. The largest absolute Gasteiger partial charge is 0.381 e. The fraction of sp³-hybridized carbons (Fsp3) is 0.571. The van der Waals surface area contributed by atoms with Crippen molar-refractivity contribution in [3.63, 3.8) is 0 Å². The molecule has 0 amide bonds. The second kappa shape index (κ2) is 7.57. The van der Waals surface area contributed by atoms with Crippen molar-refractivity contribution < 1.29 is 4.74 Å². The number of H-pyrrole nitrogens is 1. The van der Waals surface area contributed by atoms with Crippen molar-refractivity contribution in [2.75, 3.05) is 13.2 Å². The molecule has 0 aliphatic carbocycles. The van der Waals surface area contributed by atoms with E-state index < -0.39 is 0 Å². The Bertz CT molecular complexity index is 115. The second-order valence-corrected chi connectivity index (χ2v) is 2.08. The zero-order valence-corrected chi connectivity index (χ0v) is 7.14. The van der Waals surface area contributed by atoms with E-state index in [9.17, 15) is 0 Å².